The van der Waals surface area contributed by atoms with Gasteiger partial charge in [0.15, 0.2) is 0 Å². The summed E-state index contributed by atoms with van der Waals surface area (Å²) in [5, 5.41) is 3.79. The average Bonchev–Trinajstić information content (AvgIpc) is 2.48. The van der Waals surface area contributed by atoms with E-state index < -0.39 is 0 Å². The van der Waals surface area contributed by atoms with Gasteiger partial charge in [-0.15, -0.1) is 0 Å². The summed E-state index contributed by atoms with van der Waals surface area (Å²) in [7, 11) is 3.90. The van der Waals surface area contributed by atoms with Crippen molar-refractivity contribution in [3.05, 3.63) is 29.0 Å². The molecule has 0 saturated carbocycles. The number of hydrogen-bond acceptors (Lipinski definition) is 2. The molecule has 0 aliphatic rings. The Morgan fingerprint density at radius 1 is 1.50 bits per heavy atom. The smallest absolute Gasteiger partial charge is 0.123 e. The van der Waals surface area contributed by atoms with Crippen LogP contribution in [0.5, 0.6) is 0 Å². The predicted octanol–water partition coefficient (Wildman–Crippen LogP) is 1.95. The van der Waals surface area contributed by atoms with Crippen molar-refractivity contribution in [1.82, 2.24) is 14.9 Å². The fraction of sp³-hybridized carbons (Fsp3) is 0.300. The van der Waals surface area contributed by atoms with Crippen LogP contribution in [0, 0.1) is 0 Å². The molecular formula is C10H12ClN3. The first kappa shape index (κ1) is 9.49. The second kappa shape index (κ2) is 3.59. The SMILES string of the molecule is CNCc1nc2c(Cl)cccc2n1C. The second-order valence-electron chi connectivity index (χ2n) is 3.22. The van der Waals surface area contributed by atoms with Crippen molar-refractivity contribution in [2.45, 2.75) is 6.54 Å². The summed E-state index contributed by atoms with van der Waals surface area (Å²) in [4.78, 5) is 4.47. The molecule has 1 aromatic heterocycles. The summed E-state index contributed by atoms with van der Waals surface area (Å²) in [5.41, 5.74) is 1.95. The van der Waals surface area contributed by atoms with Crippen LogP contribution in [0.2, 0.25) is 5.02 Å². The molecule has 4 heteroatoms. The van der Waals surface area contributed by atoms with Crippen LogP contribution in [0.4, 0.5) is 0 Å². The minimum atomic E-state index is 0.709. The molecule has 0 aliphatic heterocycles. The standard InChI is InChI=1S/C10H12ClN3/c1-12-6-9-13-10-7(11)4-3-5-8(10)14(9)2/h3-5,12H,6H2,1-2H3. The molecule has 1 aromatic carbocycles. The van der Waals surface area contributed by atoms with Gasteiger partial charge in [0.05, 0.1) is 17.1 Å². The lowest BCUT2D eigenvalue weighted by Gasteiger charge is -1.99. The topological polar surface area (TPSA) is 29.9 Å². The average molecular weight is 210 g/mol. The number of halogens is 1. The third-order valence-corrected chi connectivity index (χ3v) is 2.59. The molecule has 2 rings (SSSR count). The van der Waals surface area contributed by atoms with E-state index in [1.807, 2.05) is 32.3 Å². The highest BCUT2D eigenvalue weighted by molar-refractivity contribution is 6.34. The quantitative estimate of drug-likeness (QED) is 0.820. The van der Waals surface area contributed by atoms with Crippen LogP contribution < -0.4 is 5.32 Å². The van der Waals surface area contributed by atoms with Gasteiger partial charge in [-0.1, -0.05) is 17.7 Å². The van der Waals surface area contributed by atoms with Crippen molar-refractivity contribution in [3.63, 3.8) is 0 Å². The van der Waals surface area contributed by atoms with Crippen LogP contribution in [0.25, 0.3) is 11.0 Å². The molecule has 14 heavy (non-hydrogen) atoms. The molecular weight excluding hydrogens is 198 g/mol. The number of aromatic nitrogens is 2. The lowest BCUT2D eigenvalue weighted by atomic mass is 10.3. The Morgan fingerprint density at radius 3 is 2.93 bits per heavy atom. The van der Waals surface area contributed by atoms with Crippen LogP contribution in [0.15, 0.2) is 18.2 Å². The number of para-hydroxylation sites is 1. The number of nitrogens with zero attached hydrogens (tertiary/aromatic N) is 2. The van der Waals surface area contributed by atoms with Crippen molar-refractivity contribution in [2.24, 2.45) is 7.05 Å². The second-order valence-corrected chi connectivity index (χ2v) is 3.63. The predicted molar refractivity (Wildman–Crippen MR) is 58.5 cm³/mol. The van der Waals surface area contributed by atoms with Crippen LogP contribution in [0.3, 0.4) is 0 Å². The molecule has 0 aliphatic carbocycles. The number of rotatable bonds is 2. The van der Waals surface area contributed by atoms with Gasteiger partial charge < -0.3 is 9.88 Å². The van der Waals surface area contributed by atoms with Gasteiger partial charge in [-0.05, 0) is 19.2 Å². The molecule has 1 heterocycles. The number of aryl methyl sites for hydroxylation is 1. The normalized spacial score (nSPS) is 11.1. The van der Waals surface area contributed by atoms with Gasteiger partial charge in [-0.2, -0.15) is 0 Å². The van der Waals surface area contributed by atoms with Gasteiger partial charge >= 0.3 is 0 Å². The molecule has 0 fully saturated rings. The number of imidazole rings is 1. The first-order valence-electron chi connectivity index (χ1n) is 4.48. The van der Waals surface area contributed by atoms with Crippen molar-refractivity contribution in [3.8, 4) is 0 Å². The van der Waals surface area contributed by atoms with E-state index in [2.05, 4.69) is 14.9 Å². The van der Waals surface area contributed by atoms with Crippen LogP contribution in [-0.4, -0.2) is 16.6 Å². The highest BCUT2D eigenvalue weighted by Crippen LogP contribution is 2.22. The molecule has 2 aromatic rings. The van der Waals surface area contributed by atoms with E-state index in [1.165, 1.54) is 0 Å². The number of benzene rings is 1. The fourth-order valence-corrected chi connectivity index (χ4v) is 1.76. The van der Waals surface area contributed by atoms with Gasteiger partial charge in [-0.3, -0.25) is 0 Å². The summed E-state index contributed by atoms with van der Waals surface area (Å²) in [5.74, 6) is 0.996. The van der Waals surface area contributed by atoms with Crippen LogP contribution in [-0.2, 0) is 13.6 Å². The minimum Gasteiger partial charge on any atom is -0.330 e. The van der Waals surface area contributed by atoms with Gasteiger partial charge in [0.1, 0.15) is 11.3 Å². The summed E-state index contributed by atoms with van der Waals surface area (Å²) in [6.45, 7) is 0.751. The zero-order chi connectivity index (χ0) is 10.1. The molecule has 0 bridgehead atoms. The zero-order valence-electron chi connectivity index (χ0n) is 8.21. The highest BCUT2D eigenvalue weighted by atomic mass is 35.5. The van der Waals surface area contributed by atoms with Crippen LogP contribution >= 0.6 is 11.6 Å². The molecule has 0 radical (unpaired) electrons. The van der Waals surface area contributed by atoms with Gasteiger partial charge in [0.25, 0.3) is 0 Å². The molecule has 0 atom stereocenters. The van der Waals surface area contributed by atoms with E-state index in [0.717, 1.165) is 23.4 Å². The molecule has 0 spiro atoms. The fourth-order valence-electron chi connectivity index (χ4n) is 1.54. The van der Waals surface area contributed by atoms with Crippen molar-refractivity contribution >= 4 is 22.6 Å². The van der Waals surface area contributed by atoms with Crippen molar-refractivity contribution in [1.29, 1.82) is 0 Å². The van der Waals surface area contributed by atoms with Gasteiger partial charge in [-0.25, -0.2) is 4.98 Å². The highest BCUT2D eigenvalue weighted by Gasteiger charge is 2.08. The van der Waals surface area contributed by atoms with E-state index in [0.29, 0.717) is 5.02 Å². The summed E-state index contributed by atoms with van der Waals surface area (Å²) in [6.07, 6.45) is 0. The lowest BCUT2D eigenvalue weighted by molar-refractivity contribution is 0.719. The largest absolute Gasteiger partial charge is 0.330 e. The van der Waals surface area contributed by atoms with E-state index in [4.69, 9.17) is 11.6 Å². The van der Waals surface area contributed by atoms with E-state index >= 15 is 0 Å². The van der Waals surface area contributed by atoms with Crippen molar-refractivity contribution in [2.75, 3.05) is 7.05 Å². The Labute approximate surface area is 87.7 Å². The Bertz CT molecular complexity index is 462. The molecule has 3 nitrogen and oxygen atoms in total. The zero-order valence-corrected chi connectivity index (χ0v) is 8.97. The molecule has 0 saturated heterocycles. The lowest BCUT2D eigenvalue weighted by Crippen LogP contribution is -2.10. The Hall–Kier alpha value is -1.06. The van der Waals surface area contributed by atoms with E-state index in [9.17, 15) is 0 Å². The summed E-state index contributed by atoms with van der Waals surface area (Å²) >= 11 is 6.05. The number of nitrogens with one attached hydrogen (secondary N) is 1. The maximum atomic E-state index is 6.05. The van der Waals surface area contributed by atoms with Crippen molar-refractivity contribution < 1.29 is 0 Å². The summed E-state index contributed by atoms with van der Waals surface area (Å²) < 4.78 is 2.05. The minimum absolute atomic E-state index is 0.709. The third-order valence-electron chi connectivity index (χ3n) is 2.29. The Balaban J connectivity index is 2.67. The van der Waals surface area contributed by atoms with Crippen LogP contribution in [0.1, 0.15) is 5.82 Å². The van der Waals surface area contributed by atoms with Gasteiger partial charge in [0, 0.05) is 7.05 Å². The Morgan fingerprint density at radius 2 is 2.29 bits per heavy atom. The van der Waals surface area contributed by atoms with Gasteiger partial charge in [0.2, 0.25) is 0 Å². The molecule has 0 amide bonds. The maximum Gasteiger partial charge on any atom is 0.123 e. The van der Waals surface area contributed by atoms with E-state index in [-0.39, 0.29) is 0 Å². The Kier molecular flexibility index (Phi) is 2.44. The first-order valence-corrected chi connectivity index (χ1v) is 4.86. The molecule has 0 unspecified atom stereocenters. The molecule has 74 valence electrons. The summed E-state index contributed by atoms with van der Waals surface area (Å²) in [6, 6.07) is 5.82. The maximum absolute atomic E-state index is 6.05. The first-order chi connectivity index (χ1) is 6.74. The number of hydrogen-bond donors (Lipinski definition) is 1. The third kappa shape index (κ3) is 1.38. The molecule has 1 N–H and O–H groups in total. The number of fused-ring (bicyclic) bond motifs is 1. The monoisotopic (exact) mass is 209 g/mol. The van der Waals surface area contributed by atoms with E-state index in [1.54, 1.807) is 0 Å².